The number of aliphatic hydroxyl groups excluding tert-OH is 1. The summed E-state index contributed by atoms with van der Waals surface area (Å²) in [4.78, 5) is 25.4. The fourth-order valence-corrected chi connectivity index (χ4v) is 2.71. The van der Waals surface area contributed by atoms with Crippen molar-refractivity contribution in [3.05, 3.63) is 0 Å². The van der Waals surface area contributed by atoms with Crippen molar-refractivity contribution in [2.75, 3.05) is 26.2 Å². The van der Waals surface area contributed by atoms with Crippen LogP contribution in [0.2, 0.25) is 0 Å². The van der Waals surface area contributed by atoms with E-state index >= 15 is 0 Å². The topological polar surface area (TPSA) is 69.6 Å². The van der Waals surface area contributed by atoms with Gasteiger partial charge in [-0.15, -0.1) is 0 Å². The lowest BCUT2D eigenvalue weighted by Gasteiger charge is -2.32. The zero-order valence-electron chi connectivity index (χ0n) is 11.6. The van der Waals surface area contributed by atoms with Crippen molar-refractivity contribution in [1.82, 2.24) is 10.2 Å². The molecule has 5 heteroatoms. The monoisotopic (exact) mass is 268 g/mol. The molecule has 19 heavy (non-hydrogen) atoms. The molecule has 2 fully saturated rings. The predicted octanol–water partition coefficient (Wildman–Crippen LogP) is 0.380. The maximum absolute atomic E-state index is 12.0. The van der Waals surface area contributed by atoms with Crippen LogP contribution in [0.25, 0.3) is 0 Å². The molecule has 3 unspecified atom stereocenters. The van der Waals surface area contributed by atoms with E-state index in [9.17, 15) is 9.59 Å². The highest BCUT2D eigenvalue weighted by molar-refractivity contribution is 5.82. The molecule has 0 aromatic rings. The third kappa shape index (κ3) is 3.93. The molecule has 1 saturated heterocycles. The highest BCUT2D eigenvalue weighted by Gasteiger charge is 2.38. The van der Waals surface area contributed by atoms with Gasteiger partial charge >= 0.3 is 0 Å². The van der Waals surface area contributed by atoms with Crippen molar-refractivity contribution in [2.45, 2.75) is 32.6 Å². The van der Waals surface area contributed by atoms with E-state index in [1.54, 1.807) is 0 Å². The average Bonchev–Trinajstić information content (AvgIpc) is 3.15. The van der Waals surface area contributed by atoms with Crippen LogP contribution in [0.1, 0.15) is 32.6 Å². The third-order valence-corrected chi connectivity index (χ3v) is 4.21. The molecule has 0 radical (unpaired) electrons. The smallest absolute Gasteiger partial charge is 0.224 e. The van der Waals surface area contributed by atoms with E-state index in [0.29, 0.717) is 25.4 Å². The Labute approximate surface area is 114 Å². The van der Waals surface area contributed by atoms with Crippen LogP contribution in [0.3, 0.4) is 0 Å². The van der Waals surface area contributed by atoms with Crippen molar-refractivity contribution in [3.63, 3.8) is 0 Å². The quantitative estimate of drug-likeness (QED) is 0.757. The molecule has 0 bridgehead atoms. The van der Waals surface area contributed by atoms with Crippen LogP contribution in [0.4, 0.5) is 0 Å². The molecule has 0 aromatic carbocycles. The van der Waals surface area contributed by atoms with Crippen molar-refractivity contribution in [3.8, 4) is 0 Å². The fourth-order valence-electron chi connectivity index (χ4n) is 2.71. The number of carbonyl (C=O) groups is 2. The molecule has 108 valence electrons. The van der Waals surface area contributed by atoms with E-state index in [0.717, 1.165) is 25.8 Å². The number of carbonyl (C=O) groups excluding carboxylic acids is 2. The maximum atomic E-state index is 12.0. The third-order valence-electron chi connectivity index (χ3n) is 4.21. The van der Waals surface area contributed by atoms with Gasteiger partial charge in [0.05, 0.1) is 0 Å². The van der Waals surface area contributed by atoms with Crippen LogP contribution in [0.15, 0.2) is 0 Å². The molecule has 2 rings (SSSR count). The molecule has 2 N–H and O–H groups in total. The summed E-state index contributed by atoms with van der Waals surface area (Å²) in [6.07, 6.45) is 3.30. The summed E-state index contributed by atoms with van der Waals surface area (Å²) in [7, 11) is 0. The Balaban J connectivity index is 1.65. The first kappa shape index (κ1) is 14.3. The van der Waals surface area contributed by atoms with Crippen molar-refractivity contribution in [1.29, 1.82) is 0 Å². The Morgan fingerprint density at radius 3 is 2.79 bits per heavy atom. The number of piperidine rings is 1. The van der Waals surface area contributed by atoms with Gasteiger partial charge in [-0.05, 0) is 31.1 Å². The first-order valence-corrected chi connectivity index (χ1v) is 7.28. The molecule has 1 saturated carbocycles. The normalized spacial score (nSPS) is 30.0. The number of hydrogen-bond donors (Lipinski definition) is 2. The summed E-state index contributed by atoms with van der Waals surface area (Å²) in [6, 6.07) is 0. The van der Waals surface area contributed by atoms with Crippen LogP contribution in [-0.4, -0.2) is 48.1 Å². The van der Waals surface area contributed by atoms with E-state index in [4.69, 9.17) is 5.11 Å². The lowest BCUT2D eigenvalue weighted by atomic mass is 9.99. The molecular weight excluding hydrogens is 244 g/mol. The molecule has 5 nitrogen and oxygen atoms in total. The standard InChI is InChI=1S/C14H24N2O3/c1-10-7-12(10)14(19)15-5-4-13(18)16-6-2-3-11(8-16)9-17/h10-12,17H,2-9H2,1H3,(H,15,19). The number of nitrogens with zero attached hydrogens (tertiary/aromatic N) is 1. The Morgan fingerprint density at radius 1 is 1.42 bits per heavy atom. The van der Waals surface area contributed by atoms with Gasteiger partial charge < -0.3 is 15.3 Å². The highest BCUT2D eigenvalue weighted by Crippen LogP contribution is 2.37. The van der Waals surface area contributed by atoms with Gasteiger partial charge in [-0.1, -0.05) is 6.92 Å². The van der Waals surface area contributed by atoms with Gasteiger partial charge in [0.2, 0.25) is 11.8 Å². The van der Waals surface area contributed by atoms with Gasteiger partial charge in [-0.3, -0.25) is 9.59 Å². The van der Waals surface area contributed by atoms with Gasteiger partial charge in [-0.25, -0.2) is 0 Å². The number of likely N-dealkylation sites (tertiary alicyclic amines) is 1. The number of hydrogen-bond acceptors (Lipinski definition) is 3. The summed E-state index contributed by atoms with van der Waals surface area (Å²) < 4.78 is 0. The van der Waals surface area contributed by atoms with Gasteiger partial charge in [0.15, 0.2) is 0 Å². The van der Waals surface area contributed by atoms with E-state index in [1.165, 1.54) is 0 Å². The number of rotatable bonds is 5. The maximum Gasteiger partial charge on any atom is 0.224 e. The van der Waals surface area contributed by atoms with Crippen LogP contribution in [-0.2, 0) is 9.59 Å². The minimum atomic E-state index is 0.0855. The van der Waals surface area contributed by atoms with Crippen LogP contribution in [0, 0.1) is 17.8 Å². The highest BCUT2D eigenvalue weighted by atomic mass is 16.3. The largest absolute Gasteiger partial charge is 0.396 e. The predicted molar refractivity (Wildman–Crippen MR) is 71.3 cm³/mol. The molecule has 1 aliphatic heterocycles. The number of nitrogens with one attached hydrogen (secondary N) is 1. The summed E-state index contributed by atoms with van der Waals surface area (Å²) >= 11 is 0. The summed E-state index contributed by atoms with van der Waals surface area (Å²) in [5, 5.41) is 12.0. The summed E-state index contributed by atoms with van der Waals surface area (Å²) in [5.41, 5.74) is 0. The lowest BCUT2D eigenvalue weighted by molar-refractivity contribution is -0.133. The number of aliphatic hydroxyl groups is 1. The van der Waals surface area contributed by atoms with Crippen molar-refractivity contribution >= 4 is 11.8 Å². The molecule has 1 heterocycles. The average molecular weight is 268 g/mol. The second-order valence-corrected chi connectivity index (χ2v) is 5.89. The summed E-state index contributed by atoms with van der Waals surface area (Å²) in [5.74, 6) is 1.07. The van der Waals surface area contributed by atoms with Crippen LogP contribution in [0.5, 0.6) is 0 Å². The van der Waals surface area contributed by atoms with E-state index in [2.05, 4.69) is 12.2 Å². The Bertz CT molecular complexity index is 346. The Hall–Kier alpha value is -1.10. The minimum absolute atomic E-state index is 0.0855. The molecule has 2 amide bonds. The molecule has 0 aromatic heterocycles. The number of amides is 2. The SMILES string of the molecule is CC1CC1C(=O)NCCC(=O)N1CCCC(CO)C1. The molecule has 1 aliphatic carbocycles. The van der Waals surface area contributed by atoms with E-state index in [1.807, 2.05) is 4.90 Å². The second-order valence-electron chi connectivity index (χ2n) is 5.89. The van der Waals surface area contributed by atoms with Gasteiger partial charge in [0.25, 0.3) is 0 Å². The van der Waals surface area contributed by atoms with Gasteiger partial charge in [0.1, 0.15) is 0 Å². The molecule has 2 aliphatic rings. The second kappa shape index (κ2) is 6.37. The lowest BCUT2D eigenvalue weighted by Crippen LogP contribution is -2.42. The Morgan fingerprint density at radius 2 is 2.16 bits per heavy atom. The van der Waals surface area contributed by atoms with Crippen molar-refractivity contribution in [2.24, 2.45) is 17.8 Å². The zero-order chi connectivity index (χ0) is 13.8. The minimum Gasteiger partial charge on any atom is -0.396 e. The first-order chi connectivity index (χ1) is 9.11. The summed E-state index contributed by atoms with van der Waals surface area (Å²) in [6.45, 7) is 4.09. The van der Waals surface area contributed by atoms with E-state index < -0.39 is 0 Å². The van der Waals surface area contributed by atoms with Gasteiger partial charge in [0, 0.05) is 38.6 Å². The Kier molecular flexibility index (Phi) is 4.80. The molecule has 0 spiro atoms. The van der Waals surface area contributed by atoms with Crippen molar-refractivity contribution < 1.29 is 14.7 Å². The van der Waals surface area contributed by atoms with Gasteiger partial charge in [-0.2, -0.15) is 0 Å². The van der Waals surface area contributed by atoms with E-state index in [-0.39, 0.29) is 30.3 Å². The fraction of sp³-hybridized carbons (Fsp3) is 0.857. The first-order valence-electron chi connectivity index (χ1n) is 7.28. The zero-order valence-corrected chi connectivity index (χ0v) is 11.6. The van der Waals surface area contributed by atoms with Crippen LogP contribution < -0.4 is 5.32 Å². The molecule has 3 atom stereocenters. The van der Waals surface area contributed by atoms with Crippen LogP contribution >= 0.6 is 0 Å². The molecular formula is C14H24N2O3.